The zero-order valence-corrected chi connectivity index (χ0v) is 19.4. The van der Waals surface area contributed by atoms with Crippen LogP contribution in [0.25, 0.3) is 0 Å². The van der Waals surface area contributed by atoms with Crippen LogP contribution in [0.1, 0.15) is 42.5 Å². The molecule has 1 saturated carbocycles. The first-order valence-corrected chi connectivity index (χ1v) is 13.4. The van der Waals surface area contributed by atoms with E-state index in [1.54, 1.807) is 6.07 Å². The van der Waals surface area contributed by atoms with E-state index in [1.807, 2.05) is 24.3 Å². The highest BCUT2D eigenvalue weighted by atomic mass is 32.2. The molecule has 2 fully saturated rings. The summed E-state index contributed by atoms with van der Waals surface area (Å²) >= 11 is 1.49. The molecule has 0 atom stereocenters. The number of benzene rings is 2. The van der Waals surface area contributed by atoms with E-state index in [2.05, 4.69) is 10.6 Å². The van der Waals surface area contributed by atoms with Gasteiger partial charge in [-0.25, -0.2) is 8.42 Å². The molecule has 0 spiro atoms. The molecule has 7 nitrogen and oxygen atoms in total. The van der Waals surface area contributed by atoms with Crippen molar-refractivity contribution in [2.45, 2.75) is 52.8 Å². The molecule has 1 aliphatic carbocycles. The second kappa shape index (κ2) is 9.05. The highest BCUT2D eigenvalue weighted by Gasteiger charge is 2.33. The molecule has 0 bridgehead atoms. The van der Waals surface area contributed by atoms with Crippen LogP contribution in [0.3, 0.4) is 0 Å². The van der Waals surface area contributed by atoms with E-state index in [-0.39, 0.29) is 16.8 Å². The van der Waals surface area contributed by atoms with Crippen molar-refractivity contribution in [1.29, 1.82) is 0 Å². The Hall–Kier alpha value is -2.07. The summed E-state index contributed by atoms with van der Waals surface area (Å²) in [5, 5.41) is 6.43. The van der Waals surface area contributed by atoms with Crippen molar-refractivity contribution in [2.24, 2.45) is 0 Å². The van der Waals surface area contributed by atoms with Gasteiger partial charge in [0, 0.05) is 34.5 Å². The number of nitrogens with one attached hydrogen (secondary N) is 2. The third kappa shape index (κ3) is 4.26. The minimum absolute atomic E-state index is 0.146. The Balaban J connectivity index is 1.54. The average Bonchev–Trinajstić information content (AvgIpc) is 2.83. The molecule has 2 aliphatic heterocycles. The molecule has 0 aromatic heterocycles. The minimum atomic E-state index is -3.80. The molecule has 1 saturated heterocycles. The highest BCUT2D eigenvalue weighted by Crippen LogP contribution is 2.47. The first-order chi connectivity index (χ1) is 15.5. The van der Waals surface area contributed by atoms with Gasteiger partial charge in [0.05, 0.1) is 24.6 Å². The third-order valence-electron chi connectivity index (χ3n) is 6.22. The average molecular weight is 474 g/mol. The molecule has 5 rings (SSSR count). The maximum atomic E-state index is 13.6. The zero-order chi connectivity index (χ0) is 22.1. The quantitative estimate of drug-likeness (QED) is 0.596. The number of anilines is 2. The summed E-state index contributed by atoms with van der Waals surface area (Å²) in [6.07, 6.45) is 5.37. The highest BCUT2D eigenvalue weighted by molar-refractivity contribution is 7.99. The molecule has 2 aromatic rings. The Morgan fingerprint density at radius 3 is 2.59 bits per heavy atom. The number of carbonyl (C=O) groups is 1. The molecule has 2 heterocycles. The van der Waals surface area contributed by atoms with Gasteiger partial charge in [-0.15, -0.1) is 0 Å². The van der Waals surface area contributed by atoms with E-state index >= 15 is 0 Å². The summed E-state index contributed by atoms with van der Waals surface area (Å²) < 4.78 is 34.0. The van der Waals surface area contributed by atoms with E-state index in [0.29, 0.717) is 37.6 Å². The van der Waals surface area contributed by atoms with Crippen molar-refractivity contribution in [1.82, 2.24) is 9.62 Å². The number of hydrogen-bond donors (Lipinski definition) is 2. The lowest BCUT2D eigenvalue weighted by molar-refractivity contribution is 0.0730. The molecular weight excluding hydrogens is 446 g/mol. The number of fused-ring (bicyclic) bond motifs is 2. The Bertz CT molecular complexity index is 1120. The fourth-order valence-electron chi connectivity index (χ4n) is 4.48. The number of rotatable bonds is 4. The fraction of sp³-hybridized carbons (Fsp3) is 0.435. The number of nitrogens with zero attached hydrogens (tertiary/aromatic N) is 1. The van der Waals surface area contributed by atoms with E-state index < -0.39 is 10.0 Å². The van der Waals surface area contributed by atoms with Gasteiger partial charge in [0.15, 0.2) is 0 Å². The van der Waals surface area contributed by atoms with Crippen LogP contribution in [0.2, 0.25) is 0 Å². The van der Waals surface area contributed by atoms with Gasteiger partial charge in [0.25, 0.3) is 5.91 Å². The predicted molar refractivity (Wildman–Crippen MR) is 124 cm³/mol. The SMILES string of the molecule is O=C(NC1CCCCC1)c1cc2c(c(S(=O)(=O)N3CCOCC3)c1)Nc1ccccc1S2. The number of para-hydroxylation sites is 1. The van der Waals surface area contributed by atoms with Crippen LogP contribution < -0.4 is 10.6 Å². The van der Waals surface area contributed by atoms with Crippen molar-refractivity contribution < 1.29 is 17.9 Å². The van der Waals surface area contributed by atoms with Gasteiger partial charge >= 0.3 is 0 Å². The summed E-state index contributed by atoms with van der Waals surface area (Å²) in [5.74, 6) is -0.211. The molecule has 2 aromatic carbocycles. The van der Waals surface area contributed by atoms with E-state index in [4.69, 9.17) is 4.74 Å². The van der Waals surface area contributed by atoms with Gasteiger partial charge in [-0.3, -0.25) is 4.79 Å². The first kappa shape index (κ1) is 21.8. The Morgan fingerprint density at radius 1 is 1.06 bits per heavy atom. The summed E-state index contributed by atoms with van der Waals surface area (Å²) in [5.41, 5.74) is 1.78. The van der Waals surface area contributed by atoms with Gasteiger partial charge in [0.1, 0.15) is 4.90 Å². The van der Waals surface area contributed by atoms with Gasteiger partial charge < -0.3 is 15.4 Å². The Kier molecular flexibility index (Phi) is 6.16. The van der Waals surface area contributed by atoms with E-state index in [1.165, 1.54) is 28.6 Å². The third-order valence-corrected chi connectivity index (χ3v) is 9.26. The molecular formula is C23H27N3O4S2. The van der Waals surface area contributed by atoms with E-state index in [0.717, 1.165) is 41.2 Å². The minimum Gasteiger partial charge on any atom is -0.379 e. The number of hydrogen-bond acceptors (Lipinski definition) is 6. The largest absolute Gasteiger partial charge is 0.379 e. The number of carbonyl (C=O) groups excluding carboxylic acids is 1. The monoisotopic (exact) mass is 473 g/mol. The van der Waals surface area contributed by atoms with Crippen LogP contribution in [0, 0.1) is 0 Å². The van der Waals surface area contributed by atoms with Crippen molar-refractivity contribution in [3.8, 4) is 0 Å². The van der Waals surface area contributed by atoms with Crippen LogP contribution in [0.15, 0.2) is 51.1 Å². The van der Waals surface area contributed by atoms with Crippen molar-refractivity contribution in [2.75, 3.05) is 31.6 Å². The van der Waals surface area contributed by atoms with Crippen LogP contribution in [0.5, 0.6) is 0 Å². The van der Waals surface area contributed by atoms with Gasteiger partial charge in [-0.05, 0) is 37.1 Å². The molecule has 32 heavy (non-hydrogen) atoms. The van der Waals surface area contributed by atoms with Crippen LogP contribution in [-0.4, -0.2) is 51.0 Å². The summed E-state index contributed by atoms with van der Waals surface area (Å²) in [6.45, 7) is 1.35. The summed E-state index contributed by atoms with van der Waals surface area (Å²) in [4.78, 5) is 15.0. The maximum Gasteiger partial charge on any atom is 0.251 e. The van der Waals surface area contributed by atoms with Gasteiger partial charge in [0.2, 0.25) is 10.0 Å². The second-order valence-electron chi connectivity index (χ2n) is 8.40. The van der Waals surface area contributed by atoms with Crippen LogP contribution in [0.4, 0.5) is 11.4 Å². The molecule has 2 N–H and O–H groups in total. The number of ether oxygens (including phenoxy) is 1. The smallest absolute Gasteiger partial charge is 0.251 e. The molecule has 0 radical (unpaired) electrons. The van der Waals surface area contributed by atoms with Crippen LogP contribution >= 0.6 is 11.8 Å². The van der Waals surface area contributed by atoms with Gasteiger partial charge in [-0.1, -0.05) is 43.2 Å². The molecule has 170 valence electrons. The maximum absolute atomic E-state index is 13.6. The number of morpholine rings is 1. The topological polar surface area (TPSA) is 87.7 Å². The number of sulfonamides is 1. The first-order valence-electron chi connectivity index (χ1n) is 11.1. The summed E-state index contributed by atoms with van der Waals surface area (Å²) in [6, 6.07) is 11.3. The lowest BCUT2D eigenvalue weighted by Crippen LogP contribution is -2.41. The molecule has 1 amide bonds. The Labute approximate surface area is 193 Å². The lowest BCUT2D eigenvalue weighted by atomic mass is 9.95. The predicted octanol–water partition coefficient (Wildman–Crippen LogP) is 3.98. The van der Waals surface area contributed by atoms with Crippen molar-refractivity contribution in [3.63, 3.8) is 0 Å². The molecule has 9 heteroatoms. The standard InChI is InChI=1S/C23H27N3O4S2/c27-23(24-17-6-2-1-3-7-17)16-14-20-22(25-18-8-4-5-9-19(18)31-20)21(15-16)32(28,29)26-10-12-30-13-11-26/h4-5,8-9,14-15,17,25H,1-3,6-7,10-13H2,(H,24,27). The summed E-state index contributed by atoms with van der Waals surface area (Å²) in [7, 11) is -3.80. The molecule has 3 aliphatic rings. The number of amides is 1. The second-order valence-corrected chi connectivity index (χ2v) is 11.4. The van der Waals surface area contributed by atoms with Crippen molar-refractivity contribution in [3.05, 3.63) is 42.0 Å². The normalized spacial score (nSPS) is 19.5. The van der Waals surface area contributed by atoms with Gasteiger partial charge in [-0.2, -0.15) is 4.31 Å². The van der Waals surface area contributed by atoms with E-state index in [9.17, 15) is 13.2 Å². The van der Waals surface area contributed by atoms with Crippen molar-refractivity contribution >= 4 is 39.1 Å². The Morgan fingerprint density at radius 2 is 1.81 bits per heavy atom. The zero-order valence-electron chi connectivity index (χ0n) is 17.8. The lowest BCUT2D eigenvalue weighted by Gasteiger charge is -2.29. The fourth-order valence-corrected chi connectivity index (χ4v) is 7.21. The molecule has 0 unspecified atom stereocenters. The van der Waals surface area contributed by atoms with Crippen LogP contribution in [-0.2, 0) is 14.8 Å².